The molecule has 1 aromatic carbocycles. The number of benzene rings is 1. The molecule has 3 rings (SSSR count). The molecular weight excluding hydrogens is 330 g/mol. The van der Waals surface area contributed by atoms with Crippen LogP contribution in [0.3, 0.4) is 0 Å². The maximum absolute atomic E-state index is 12.3. The summed E-state index contributed by atoms with van der Waals surface area (Å²) in [7, 11) is 0. The summed E-state index contributed by atoms with van der Waals surface area (Å²) >= 11 is 0. The normalized spacial score (nSPS) is 10.2. The lowest BCUT2D eigenvalue weighted by Gasteiger charge is -2.13. The molecule has 2 aromatic heterocycles. The Kier molecular flexibility index (Phi) is 5.23. The van der Waals surface area contributed by atoms with Crippen LogP contribution in [0.2, 0.25) is 0 Å². The van der Waals surface area contributed by atoms with Crippen LogP contribution in [0.15, 0.2) is 55.1 Å². The van der Waals surface area contributed by atoms with Crippen molar-refractivity contribution >= 4 is 23.2 Å². The number of anilines is 3. The van der Waals surface area contributed by atoms with Crippen LogP contribution in [0.4, 0.5) is 17.3 Å². The summed E-state index contributed by atoms with van der Waals surface area (Å²) in [6.45, 7) is 2.39. The number of aromatic nitrogens is 3. The van der Waals surface area contributed by atoms with Crippen molar-refractivity contribution in [3.63, 3.8) is 0 Å². The number of nitrogens with two attached hydrogens (primary N) is 1. The Bertz CT molecular complexity index is 899. The molecular formula is C18H19N7O. The van der Waals surface area contributed by atoms with Crippen molar-refractivity contribution in [2.45, 2.75) is 13.5 Å². The summed E-state index contributed by atoms with van der Waals surface area (Å²) in [6.07, 6.45) is 4.83. The molecule has 8 nitrogen and oxygen atoms in total. The van der Waals surface area contributed by atoms with E-state index in [2.05, 4.69) is 31.1 Å². The molecule has 132 valence electrons. The van der Waals surface area contributed by atoms with Crippen LogP contribution < -0.4 is 21.9 Å². The van der Waals surface area contributed by atoms with Gasteiger partial charge < -0.3 is 11.1 Å². The first-order valence-corrected chi connectivity index (χ1v) is 8.00. The van der Waals surface area contributed by atoms with E-state index in [0.717, 1.165) is 11.1 Å². The van der Waals surface area contributed by atoms with Crippen molar-refractivity contribution in [1.29, 1.82) is 0 Å². The van der Waals surface area contributed by atoms with E-state index in [1.54, 1.807) is 24.5 Å². The molecule has 1 amide bonds. The van der Waals surface area contributed by atoms with Crippen LogP contribution >= 0.6 is 0 Å². The second-order valence-electron chi connectivity index (χ2n) is 5.59. The smallest absolute Gasteiger partial charge is 0.269 e. The van der Waals surface area contributed by atoms with Gasteiger partial charge in [0.1, 0.15) is 12.0 Å². The van der Waals surface area contributed by atoms with Crippen molar-refractivity contribution in [1.82, 2.24) is 20.4 Å². The van der Waals surface area contributed by atoms with Crippen molar-refractivity contribution in [3.05, 3.63) is 71.8 Å². The predicted molar refractivity (Wildman–Crippen MR) is 100 cm³/mol. The summed E-state index contributed by atoms with van der Waals surface area (Å²) in [4.78, 5) is 24.5. The second kappa shape index (κ2) is 7.93. The van der Waals surface area contributed by atoms with Gasteiger partial charge in [0.25, 0.3) is 5.91 Å². The summed E-state index contributed by atoms with van der Waals surface area (Å²) < 4.78 is 0. The minimum absolute atomic E-state index is 0.272. The highest BCUT2D eigenvalue weighted by Crippen LogP contribution is 2.22. The van der Waals surface area contributed by atoms with Gasteiger partial charge in [-0.15, -0.1) is 0 Å². The third-order valence-electron chi connectivity index (χ3n) is 3.75. The molecule has 0 unspecified atom stereocenters. The standard InChI is InChI=1S/C18H19N7O/c1-12-5-2-3-7-14(12)18(26)25-24-17-15(19)16(22-11-23-17)21-10-13-6-4-8-20-9-13/h2-9,11H,10,19H2,1H3,(H,25,26)(H2,21,22,23,24). The van der Waals surface area contributed by atoms with Crippen LogP contribution in [-0.4, -0.2) is 20.9 Å². The molecule has 0 saturated carbocycles. The third-order valence-corrected chi connectivity index (χ3v) is 3.75. The zero-order valence-corrected chi connectivity index (χ0v) is 14.2. The topological polar surface area (TPSA) is 118 Å². The average Bonchev–Trinajstić information content (AvgIpc) is 2.67. The lowest BCUT2D eigenvalue weighted by Crippen LogP contribution is -2.31. The number of aryl methyl sites for hydroxylation is 1. The van der Waals surface area contributed by atoms with E-state index in [9.17, 15) is 4.79 Å². The largest absolute Gasteiger partial charge is 0.393 e. The fourth-order valence-corrected chi connectivity index (χ4v) is 2.34. The number of hydrogen-bond donors (Lipinski definition) is 4. The number of nitrogen functional groups attached to an aromatic ring is 1. The lowest BCUT2D eigenvalue weighted by molar-refractivity contribution is 0.0962. The van der Waals surface area contributed by atoms with Crippen molar-refractivity contribution < 1.29 is 4.79 Å². The Balaban J connectivity index is 1.65. The van der Waals surface area contributed by atoms with Gasteiger partial charge in [0, 0.05) is 24.5 Å². The number of hydrazine groups is 1. The van der Waals surface area contributed by atoms with Crippen molar-refractivity contribution in [3.8, 4) is 0 Å². The number of pyridine rings is 1. The molecule has 0 aliphatic carbocycles. The van der Waals surface area contributed by atoms with Gasteiger partial charge in [0.15, 0.2) is 11.6 Å². The highest BCUT2D eigenvalue weighted by molar-refractivity contribution is 5.96. The van der Waals surface area contributed by atoms with Crippen LogP contribution in [0.25, 0.3) is 0 Å². The first-order chi connectivity index (χ1) is 12.6. The predicted octanol–water partition coefficient (Wildman–Crippen LogP) is 2.13. The number of carbonyl (C=O) groups is 1. The molecule has 0 aliphatic heterocycles. The molecule has 0 saturated heterocycles. The van der Waals surface area contributed by atoms with Gasteiger partial charge in [0.05, 0.1) is 0 Å². The van der Waals surface area contributed by atoms with Crippen LogP contribution in [-0.2, 0) is 6.54 Å². The number of nitrogens with one attached hydrogen (secondary N) is 3. The molecule has 5 N–H and O–H groups in total. The zero-order chi connectivity index (χ0) is 18.4. The molecule has 0 bridgehead atoms. The fraction of sp³-hybridized carbons (Fsp3) is 0.111. The monoisotopic (exact) mass is 349 g/mol. The summed E-state index contributed by atoms with van der Waals surface area (Å²) in [6, 6.07) is 11.1. The van der Waals surface area contributed by atoms with Crippen molar-refractivity contribution in [2.75, 3.05) is 16.5 Å². The number of rotatable bonds is 6. The Labute approximate surface area is 150 Å². The fourth-order valence-electron chi connectivity index (χ4n) is 2.34. The number of hydrogen-bond acceptors (Lipinski definition) is 7. The van der Waals surface area contributed by atoms with E-state index < -0.39 is 0 Å². The molecule has 0 fully saturated rings. The van der Waals surface area contributed by atoms with E-state index >= 15 is 0 Å². The molecule has 0 spiro atoms. The number of nitrogens with zero attached hydrogens (tertiary/aromatic N) is 3. The van der Waals surface area contributed by atoms with Gasteiger partial charge in [-0.1, -0.05) is 24.3 Å². The van der Waals surface area contributed by atoms with Crippen LogP contribution in [0, 0.1) is 6.92 Å². The van der Waals surface area contributed by atoms with Crippen LogP contribution in [0.1, 0.15) is 21.5 Å². The highest BCUT2D eigenvalue weighted by atomic mass is 16.2. The van der Waals surface area contributed by atoms with E-state index in [4.69, 9.17) is 5.73 Å². The quantitative estimate of drug-likeness (QED) is 0.503. The Morgan fingerprint density at radius 3 is 2.69 bits per heavy atom. The van der Waals surface area contributed by atoms with Gasteiger partial charge >= 0.3 is 0 Å². The van der Waals surface area contributed by atoms with Gasteiger partial charge in [-0.25, -0.2) is 9.97 Å². The van der Waals surface area contributed by atoms with E-state index in [1.807, 2.05) is 31.2 Å². The molecule has 0 radical (unpaired) electrons. The van der Waals surface area contributed by atoms with Gasteiger partial charge in [-0.3, -0.25) is 20.6 Å². The SMILES string of the molecule is Cc1ccccc1C(=O)NNc1ncnc(NCc2cccnc2)c1N. The van der Waals surface area contributed by atoms with E-state index in [0.29, 0.717) is 29.4 Å². The highest BCUT2D eigenvalue weighted by Gasteiger charge is 2.11. The number of amides is 1. The first kappa shape index (κ1) is 17.2. The maximum atomic E-state index is 12.3. The Morgan fingerprint density at radius 1 is 1.12 bits per heavy atom. The second-order valence-corrected chi connectivity index (χ2v) is 5.59. The first-order valence-electron chi connectivity index (χ1n) is 8.00. The minimum Gasteiger partial charge on any atom is -0.393 e. The number of carbonyl (C=O) groups excluding carboxylic acids is 1. The molecule has 26 heavy (non-hydrogen) atoms. The Hall–Kier alpha value is -3.68. The Morgan fingerprint density at radius 2 is 1.92 bits per heavy atom. The summed E-state index contributed by atoms with van der Waals surface area (Å²) in [5, 5.41) is 3.13. The molecule has 8 heteroatoms. The zero-order valence-electron chi connectivity index (χ0n) is 14.2. The van der Waals surface area contributed by atoms with Gasteiger partial charge in [-0.2, -0.15) is 0 Å². The molecule has 0 aliphatic rings. The van der Waals surface area contributed by atoms with E-state index in [-0.39, 0.29) is 5.91 Å². The van der Waals surface area contributed by atoms with Crippen LogP contribution in [0.5, 0.6) is 0 Å². The van der Waals surface area contributed by atoms with E-state index in [1.165, 1.54) is 6.33 Å². The molecule has 2 heterocycles. The molecule has 3 aromatic rings. The summed E-state index contributed by atoms with van der Waals surface area (Å²) in [5.74, 6) is 0.512. The van der Waals surface area contributed by atoms with Gasteiger partial charge in [0.2, 0.25) is 0 Å². The molecule has 0 atom stereocenters. The third kappa shape index (κ3) is 4.04. The summed E-state index contributed by atoms with van der Waals surface area (Å²) in [5.41, 5.74) is 14.2. The lowest BCUT2D eigenvalue weighted by atomic mass is 10.1. The average molecular weight is 349 g/mol. The van der Waals surface area contributed by atoms with Crippen molar-refractivity contribution in [2.24, 2.45) is 0 Å². The van der Waals surface area contributed by atoms with Gasteiger partial charge in [-0.05, 0) is 30.2 Å². The minimum atomic E-state index is -0.272. The maximum Gasteiger partial charge on any atom is 0.269 e.